The van der Waals surface area contributed by atoms with Gasteiger partial charge in [-0.3, -0.25) is 4.98 Å². The van der Waals surface area contributed by atoms with E-state index in [4.69, 9.17) is 9.40 Å². The van der Waals surface area contributed by atoms with Crippen molar-refractivity contribution in [3.63, 3.8) is 0 Å². The summed E-state index contributed by atoms with van der Waals surface area (Å²) in [7, 11) is 0. The van der Waals surface area contributed by atoms with E-state index in [0.717, 1.165) is 55.5 Å². The highest BCUT2D eigenvalue weighted by Crippen LogP contribution is 2.40. The fraction of sp³-hybridized carbons (Fsp3) is 0. The molecule has 4 nitrogen and oxygen atoms in total. The minimum Gasteiger partial charge on any atom is -0.456 e. The van der Waals surface area contributed by atoms with E-state index in [1.165, 1.54) is 54.8 Å². The summed E-state index contributed by atoms with van der Waals surface area (Å²) in [6, 6.07) is 67.4. The number of furan rings is 1. The number of fused-ring (bicyclic) bond motifs is 9. The summed E-state index contributed by atoms with van der Waals surface area (Å²) in [6.45, 7) is 0. The number of rotatable bonds is 5. The smallest absolute Gasteiger partial charge is 0.135 e. The molecule has 12 rings (SSSR count). The molecular weight excluding hydrogens is 695 g/mol. The molecule has 0 aliphatic carbocycles. The molecule has 4 heterocycles. The van der Waals surface area contributed by atoms with Gasteiger partial charge in [-0.05, 0) is 101 Å². The van der Waals surface area contributed by atoms with E-state index in [2.05, 4.69) is 197 Å². The van der Waals surface area contributed by atoms with Crippen molar-refractivity contribution in [2.24, 2.45) is 0 Å². The van der Waals surface area contributed by atoms with Gasteiger partial charge in [0.1, 0.15) is 11.2 Å². The van der Waals surface area contributed by atoms with Crippen LogP contribution in [-0.2, 0) is 0 Å². The SMILES string of the molecule is c1ccc(-c2ccc3c(c2)c2cc(-c4ccccc4)ccc2n3-c2cncc(-c3ccc4oc5ccc(-n6c7ccccc7c7ccccc76)cc5c4c3)c2)cc1. The standard InChI is InChI=1S/C53H33N3O/c1-3-11-34(12-4-1)36-19-23-50-44(28-36)45-29-37(35-13-5-2-6-14-35)20-24-51(45)56(50)41-27-39(32-54-33-41)38-21-25-52-46(30-38)47-31-40(22-26-53(47)57-52)55-48-17-9-7-15-42(48)43-16-8-10-18-49(43)55/h1-33H. The normalized spacial score (nSPS) is 11.9. The number of nitrogens with zero attached hydrogens (tertiary/aromatic N) is 3. The van der Waals surface area contributed by atoms with Gasteiger partial charge in [0, 0.05) is 49.8 Å². The van der Waals surface area contributed by atoms with E-state index in [0.29, 0.717) is 0 Å². The van der Waals surface area contributed by atoms with Crippen molar-refractivity contribution in [3.05, 3.63) is 200 Å². The highest BCUT2D eigenvalue weighted by molar-refractivity contribution is 6.13. The molecule has 0 bridgehead atoms. The van der Waals surface area contributed by atoms with Crippen molar-refractivity contribution in [1.29, 1.82) is 0 Å². The van der Waals surface area contributed by atoms with Crippen molar-refractivity contribution in [1.82, 2.24) is 14.1 Å². The fourth-order valence-electron chi connectivity index (χ4n) is 8.91. The van der Waals surface area contributed by atoms with Crippen molar-refractivity contribution < 1.29 is 4.42 Å². The fourth-order valence-corrected chi connectivity index (χ4v) is 8.91. The Hall–Kier alpha value is -7.69. The molecular formula is C53H33N3O. The van der Waals surface area contributed by atoms with E-state index in [9.17, 15) is 0 Å². The number of pyridine rings is 1. The molecule has 0 saturated heterocycles. The molecule has 266 valence electrons. The Balaban J connectivity index is 1.01. The summed E-state index contributed by atoms with van der Waals surface area (Å²) < 4.78 is 11.1. The number of hydrogen-bond acceptors (Lipinski definition) is 2. The molecule has 0 aliphatic heterocycles. The van der Waals surface area contributed by atoms with E-state index in [-0.39, 0.29) is 0 Å². The number of para-hydroxylation sites is 2. The first kappa shape index (κ1) is 31.6. The first-order chi connectivity index (χ1) is 28.2. The van der Waals surface area contributed by atoms with Crippen LogP contribution in [0.15, 0.2) is 205 Å². The van der Waals surface area contributed by atoms with Crippen LogP contribution in [0.25, 0.3) is 110 Å². The molecule has 0 unspecified atom stereocenters. The zero-order chi connectivity index (χ0) is 37.5. The van der Waals surface area contributed by atoms with E-state index in [1.54, 1.807) is 0 Å². The molecule has 4 heteroatoms. The summed E-state index contributed by atoms with van der Waals surface area (Å²) >= 11 is 0. The lowest BCUT2D eigenvalue weighted by Gasteiger charge is -2.11. The van der Waals surface area contributed by atoms with Crippen molar-refractivity contribution in [2.45, 2.75) is 0 Å². The van der Waals surface area contributed by atoms with Crippen LogP contribution < -0.4 is 0 Å². The van der Waals surface area contributed by atoms with E-state index >= 15 is 0 Å². The van der Waals surface area contributed by atoms with Gasteiger partial charge in [0.15, 0.2) is 0 Å². The number of aromatic nitrogens is 3. The molecule has 0 saturated carbocycles. The van der Waals surface area contributed by atoms with Crippen LogP contribution in [0.4, 0.5) is 0 Å². The first-order valence-corrected chi connectivity index (χ1v) is 19.3. The van der Waals surface area contributed by atoms with Gasteiger partial charge in [0.25, 0.3) is 0 Å². The van der Waals surface area contributed by atoms with Crippen LogP contribution in [0.3, 0.4) is 0 Å². The lowest BCUT2D eigenvalue weighted by atomic mass is 10.0. The third kappa shape index (κ3) is 4.98. The summed E-state index contributed by atoms with van der Waals surface area (Å²) in [6.07, 6.45) is 3.94. The van der Waals surface area contributed by atoms with Crippen LogP contribution in [0.5, 0.6) is 0 Å². The molecule has 0 spiro atoms. The van der Waals surface area contributed by atoms with Gasteiger partial charge >= 0.3 is 0 Å². The van der Waals surface area contributed by atoms with Gasteiger partial charge in [-0.25, -0.2) is 0 Å². The second-order valence-electron chi connectivity index (χ2n) is 14.8. The Morgan fingerprint density at radius 1 is 0.298 bits per heavy atom. The topological polar surface area (TPSA) is 35.9 Å². The Morgan fingerprint density at radius 2 is 0.772 bits per heavy atom. The lowest BCUT2D eigenvalue weighted by Crippen LogP contribution is -1.96. The average molecular weight is 728 g/mol. The van der Waals surface area contributed by atoms with Crippen molar-refractivity contribution >= 4 is 65.6 Å². The molecule has 0 N–H and O–H groups in total. The molecule has 0 radical (unpaired) electrons. The predicted molar refractivity (Wildman–Crippen MR) is 237 cm³/mol. The zero-order valence-corrected chi connectivity index (χ0v) is 30.8. The van der Waals surface area contributed by atoms with Crippen molar-refractivity contribution in [2.75, 3.05) is 0 Å². The van der Waals surface area contributed by atoms with Crippen LogP contribution in [0.1, 0.15) is 0 Å². The second-order valence-corrected chi connectivity index (χ2v) is 14.8. The quantitative estimate of drug-likeness (QED) is 0.177. The maximum absolute atomic E-state index is 6.42. The third-order valence-electron chi connectivity index (χ3n) is 11.6. The van der Waals surface area contributed by atoms with E-state index in [1.807, 2.05) is 12.4 Å². The van der Waals surface area contributed by atoms with Crippen molar-refractivity contribution in [3.8, 4) is 44.8 Å². The van der Waals surface area contributed by atoms with E-state index < -0.39 is 0 Å². The molecule has 12 aromatic rings. The van der Waals surface area contributed by atoms with Gasteiger partial charge in [-0.1, -0.05) is 115 Å². The van der Waals surface area contributed by atoms with Gasteiger partial charge in [-0.15, -0.1) is 0 Å². The maximum atomic E-state index is 6.42. The van der Waals surface area contributed by atoms with Gasteiger partial charge in [0.2, 0.25) is 0 Å². The maximum Gasteiger partial charge on any atom is 0.135 e. The largest absolute Gasteiger partial charge is 0.456 e. The molecule has 0 fully saturated rings. The van der Waals surface area contributed by atoms with Gasteiger partial charge in [-0.2, -0.15) is 0 Å². The molecule has 57 heavy (non-hydrogen) atoms. The third-order valence-corrected chi connectivity index (χ3v) is 11.6. The first-order valence-electron chi connectivity index (χ1n) is 19.3. The van der Waals surface area contributed by atoms with Crippen LogP contribution in [0, 0.1) is 0 Å². The summed E-state index contributed by atoms with van der Waals surface area (Å²) in [5.41, 5.74) is 15.4. The van der Waals surface area contributed by atoms with Gasteiger partial charge < -0.3 is 13.6 Å². The Morgan fingerprint density at radius 3 is 1.40 bits per heavy atom. The predicted octanol–water partition coefficient (Wildman–Crippen LogP) is 14.2. The Labute approximate surface area is 328 Å². The Bertz CT molecular complexity index is 3370. The second kappa shape index (κ2) is 12.4. The zero-order valence-electron chi connectivity index (χ0n) is 30.8. The van der Waals surface area contributed by atoms with Crippen LogP contribution >= 0.6 is 0 Å². The van der Waals surface area contributed by atoms with Crippen LogP contribution in [-0.4, -0.2) is 14.1 Å². The summed E-state index contributed by atoms with van der Waals surface area (Å²) in [5.74, 6) is 0. The number of hydrogen-bond donors (Lipinski definition) is 0. The summed E-state index contributed by atoms with van der Waals surface area (Å²) in [4.78, 5) is 4.85. The summed E-state index contributed by atoms with van der Waals surface area (Å²) in [5, 5.41) is 7.07. The van der Waals surface area contributed by atoms with Crippen LogP contribution in [0.2, 0.25) is 0 Å². The highest BCUT2D eigenvalue weighted by Gasteiger charge is 2.18. The molecule has 0 aliphatic rings. The van der Waals surface area contributed by atoms with Gasteiger partial charge in [0.05, 0.1) is 34.0 Å². The number of benzene rings is 8. The monoisotopic (exact) mass is 727 g/mol. The molecule has 0 amide bonds. The average Bonchev–Trinajstić information content (AvgIpc) is 3.93. The highest BCUT2D eigenvalue weighted by atomic mass is 16.3. The lowest BCUT2D eigenvalue weighted by molar-refractivity contribution is 0.669. The molecule has 0 atom stereocenters. The Kier molecular flexibility index (Phi) is 6.89. The minimum atomic E-state index is 0.864. The molecule has 8 aromatic carbocycles. The molecule has 4 aromatic heterocycles. The minimum absolute atomic E-state index is 0.864.